The van der Waals surface area contributed by atoms with Gasteiger partial charge in [0.15, 0.2) is 5.82 Å². The molecule has 1 aliphatic heterocycles. The Morgan fingerprint density at radius 1 is 1.21 bits per heavy atom. The molecule has 1 aromatic carbocycles. The van der Waals surface area contributed by atoms with E-state index in [1.807, 2.05) is 28.8 Å². The van der Waals surface area contributed by atoms with E-state index in [1.54, 1.807) is 11.5 Å². The molecule has 0 N–H and O–H groups in total. The van der Waals surface area contributed by atoms with Crippen LogP contribution in [0.2, 0.25) is 0 Å². The average Bonchev–Trinajstić information content (AvgIpc) is 3.58. The molecule has 0 bridgehead atoms. The van der Waals surface area contributed by atoms with Crippen LogP contribution in [0.3, 0.4) is 0 Å². The Balaban J connectivity index is 1.42. The second kappa shape index (κ2) is 9.49. The predicted octanol–water partition coefficient (Wildman–Crippen LogP) is 3.91. The predicted molar refractivity (Wildman–Crippen MR) is 130 cm³/mol. The number of nitrogens with zero attached hydrogens (tertiary/aromatic N) is 7. The molecule has 0 atom stereocenters. The van der Waals surface area contributed by atoms with Crippen LogP contribution in [0.5, 0.6) is 5.75 Å². The fourth-order valence-electron chi connectivity index (χ4n) is 4.10. The van der Waals surface area contributed by atoms with E-state index in [0.29, 0.717) is 59.7 Å². The lowest BCUT2D eigenvalue weighted by Crippen LogP contribution is -2.24. The molecular formula is C23H24BrN7O3. The van der Waals surface area contributed by atoms with Crippen LogP contribution in [0.4, 0.5) is 5.82 Å². The van der Waals surface area contributed by atoms with Crippen LogP contribution >= 0.6 is 15.9 Å². The van der Waals surface area contributed by atoms with Crippen LogP contribution in [0, 0.1) is 0 Å². The molecule has 0 spiro atoms. The molecule has 0 aliphatic carbocycles. The molecule has 34 heavy (non-hydrogen) atoms. The third-order valence-corrected chi connectivity index (χ3v) is 6.29. The molecule has 1 aliphatic rings. The lowest BCUT2D eigenvalue weighted by atomic mass is 10.2. The molecular weight excluding hydrogens is 502 g/mol. The molecule has 0 amide bonds. The summed E-state index contributed by atoms with van der Waals surface area (Å²) in [6, 6.07) is 7.44. The summed E-state index contributed by atoms with van der Waals surface area (Å²) < 4.78 is 15.1. The first kappa shape index (κ1) is 22.5. The molecule has 3 aromatic heterocycles. The van der Waals surface area contributed by atoms with E-state index in [2.05, 4.69) is 48.2 Å². The van der Waals surface area contributed by atoms with Crippen molar-refractivity contribution in [1.82, 2.24) is 29.3 Å². The number of ether oxygens (including phenoxy) is 1. The topological polar surface area (TPSA) is 113 Å². The SMILES string of the molecule is CCCCCn1c2c(c(=O)n3c(CCc4noc(-c5cccc(OC)c5)n4)nnc13)CC(Br)=N2. The smallest absolute Gasteiger partial charge is 0.266 e. The van der Waals surface area contributed by atoms with Gasteiger partial charge < -0.3 is 9.26 Å². The highest BCUT2D eigenvalue weighted by atomic mass is 79.9. The summed E-state index contributed by atoms with van der Waals surface area (Å²) in [5, 5.41) is 12.8. The van der Waals surface area contributed by atoms with E-state index >= 15 is 0 Å². The van der Waals surface area contributed by atoms with E-state index in [0.717, 1.165) is 36.0 Å². The van der Waals surface area contributed by atoms with Crippen molar-refractivity contribution in [3.05, 3.63) is 51.8 Å². The normalized spacial score (nSPS) is 12.9. The number of aromatic nitrogens is 6. The summed E-state index contributed by atoms with van der Waals surface area (Å²) in [7, 11) is 1.61. The number of rotatable bonds is 9. The van der Waals surface area contributed by atoms with Crippen molar-refractivity contribution >= 4 is 32.1 Å². The minimum absolute atomic E-state index is 0.125. The average molecular weight is 526 g/mol. The molecule has 4 aromatic rings. The van der Waals surface area contributed by atoms with Gasteiger partial charge in [0.25, 0.3) is 11.4 Å². The number of aliphatic imine (C=N–C) groups is 1. The summed E-state index contributed by atoms with van der Waals surface area (Å²) in [5.41, 5.74) is 1.32. The Hall–Kier alpha value is -3.34. The second-order valence-corrected chi connectivity index (χ2v) is 9.05. The quantitative estimate of drug-likeness (QED) is 0.304. The molecule has 4 heterocycles. The summed E-state index contributed by atoms with van der Waals surface area (Å²) >= 11 is 3.46. The highest BCUT2D eigenvalue weighted by molar-refractivity contribution is 9.18. The van der Waals surface area contributed by atoms with Gasteiger partial charge in [-0.15, -0.1) is 10.2 Å². The Bertz CT molecular complexity index is 1440. The van der Waals surface area contributed by atoms with Crippen LogP contribution in [0.1, 0.15) is 43.4 Å². The van der Waals surface area contributed by atoms with Gasteiger partial charge >= 0.3 is 0 Å². The number of fused-ring (bicyclic) bond motifs is 2. The Labute approximate surface area is 203 Å². The zero-order chi connectivity index (χ0) is 23.7. The molecule has 0 unspecified atom stereocenters. The number of hydrogen-bond donors (Lipinski definition) is 0. The number of halogens is 1. The van der Waals surface area contributed by atoms with Crippen molar-refractivity contribution in [3.63, 3.8) is 0 Å². The van der Waals surface area contributed by atoms with Crippen molar-refractivity contribution in [1.29, 1.82) is 0 Å². The molecule has 176 valence electrons. The van der Waals surface area contributed by atoms with Gasteiger partial charge in [-0.05, 0) is 40.5 Å². The first-order valence-electron chi connectivity index (χ1n) is 11.3. The highest BCUT2D eigenvalue weighted by Gasteiger charge is 2.25. The van der Waals surface area contributed by atoms with Gasteiger partial charge in [0, 0.05) is 31.4 Å². The maximum absolute atomic E-state index is 13.3. The summed E-state index contributed by atoms with van der Waals surface area (Å²) in [5.74, 6) is 3.43. The van der Waals surface area contributed by atoms with E-state index in [9.17, 15) is 4.79 Å². The van der Waals surface area contributed by atoms with Crippen molar-refractivity contribution < 1.29 is 9.26 Å². The molecule has 0 saturated carbocycles. The van der Waals surface area contributed by atoms with Gasteiger partial charge in [-0.1, -0.05) is 31.0 Å². The van der Waals surface area contributed by atoms with E-state index < -0.39 is 0 Å². The third-order valence-electron chi connectivity index (χ3n) is 5.83. The van der Waals surface area contributed by atoms with Gasteiger partial charge in [0.05, 0.1) is 17.3 Å². The van der Waals surface area contributed by atoms with Crippen LogP contribution in [-0.4, -0.2) is 41.0 Å². The fraction of sp³-hybridized carbons (Fsp3) is 0.391. The molecule has 0 saturated heterocycles. The number of hydrogen-bond acceptors (Lipinski definition) is 8. The van der Waals surface area contributed by atoms with Crippen LogP contribution in [0.25, 0.3) is 17.2 Å². The van der Waals surface area contributed by atoms with Gasteiger partial charge in [-0.25, -0.2) is 9.39 Å². The number of benzene rings is 1. The standard InChI is InChI=1S/C23H24BrN7O3/c1-3-4-5-11-30-20-16(13-17(24)25-20)22(32)31-19(27-28-23(30)31)10-9-18-26-21(34-29-18)14-7-6-8-15(12-14)33-2/h6-8,12H,3-5,9-11,13H2,1-2H3. The summed E-state index contributed by atoms with van der Waals surface area (Å²) in [6.45, 7) is 2.89. The van der Waals surface area contributed by atoms with Gasteiger partial charge in [0.2, 0.25) is 5.78 Å². The van der Waals surface area contributed by atoms with Crippen molar-refractivity contribution in [2.45, 2.75) is 52.0 Å². The monoisotopic (exact) mass is 525 g/mol. The van der Waals surface area contributed by atoms with Crippen molar-refractivity contribution in [2.24, 2.45) is 4.99 Å². The maximum Gasteiger partial charge on any atom is 0.266 e. The molecule has 10 nitrogen and oxygen atoms in total. The molecule has 0 fully saturated rings. The van der Waals surface area contributed by atoms with E-state index in [4.69, 9.17) is 9.26 Å². The molecule has 0 radical (unpaired) electrons. The van der Waals surface area contributed by atoms with E-state index in [-0.39, 0.29) is 5.56 Å². The lowest BCUT2D eigenvalue weighted by molar-refractivity contribution is 0.412. The Morgan fingerprint density at radius 3 is 2.91 bits per heavy atom. The van der Waals surface area contributed by atoms with E-state index in [1.165, 1.54) is 0 Å². The number of aryl methyl sites for hydroxylation is 3. The van der Waals surface area contributed by atoms with Crippen molar-refractivity contribution in [3.8, 4) is 17.2 Å². The largest absolute Gasteiger partial charge is 0.497 e. The fourth-order valence-corrected chi connectivity index (χ4v) is 4.55. The second-order valence-electron chi connectivity index (χ2n) is 8.13. The summed E-state index contributed by atoms with van der Waals surface area (Å²) in [4.78, 5) is 22.4. The number of unbranched alkanes of at least 4 members (excludes halogenated alkanes) is 2. The van der Waals surface area contributed by atoms with Gasteiger partial charge in [0.1, 0.15) is 17.4 Å². The van der Waals surface area contributed by atoms with Gasteiger partial charge in [-0.3, -0.25) is 9.36 Å². The first-order chi connectivity index (χ1) is 16.6. The van der Waals surface area contributed by atoms with Crippen LogP contribution in [-0.2, 0) is 25.8 Å². The van der Waals surface area contributed by atoms with Crippen molar-refractivity contribution in [2.75, 3.05) is 7.11 Å². The third kappa shape index (κ3) is 4.15. The highest BCUT2D eigenvalue weighted by Crippen LogP contribution is 2.28. The zero-order valence-corrected chi connectivity index (χ0v) is 20.6. The minimum Gasteiger partial charge on any atom is -0.497 e. The lowest BCUT2D eigenvalue weighted by Gasteiger charge is -2.12. The minimum atomic E-state index is -0.125. The Kier molecular flexibility index (Phi) is 6.27. The number of methoxy groups -OCH3 is 1. The first-order valence-corrected chi connectivity index (χ1v) is 12.1. The Morgan fingerprint density at radius 2 is 2.09 bits per heavy atom. The zero-order valence-electron chi connectivity index (χ0n) is 19.0. The van der Waals surface area contributed by atoms with Crippen LogP contribution in [0.15, 0.2) is 38.6 Å². The molecule has 5 rings (SSSR count). The maximum atomic E-state index is 13.3. The van der Waals surface area contributed by atoms with Crippen LogP contribution < -0.4 is 10.3 Å². The molecule has 11 heteroatoms. The summed E-state index contributed by atoms with van der Waals surface area (Å²) in [6.07, 6.45) is 4.56. The van der Waals surface area contributed by atoms with Gasteiger partial charge in [-0.2, -0.15) is 4.98 Å².